The van der Waals surface area contributed by atoms with E-state index in [2.05, 4.69) is 5.16 Å². The van der Waals surface area contributed by atoms with Crippen LogP contribution in [-0.4, -0.2) is 28.4 Å². The molecule has 2 aromatic carbocycles. The van der Waals surface area contributed by atoms with Crippen LogP contribution in [0.3, 0.4) is 0 Å². The fraction of sp³-hybridized carbons (Fsp3) is 0.211. The van der Waals surface area contributed by atoms with Crippen molar-refractivity contribution in [3.63, 3.8) is 0 Å². The Morgan fingerprint density at radius 3 is 2.52 bits per heavy atom. The third-order valence-electron chi connectivity index (χ3n) is 3.97. The van der Waals surface area contributed by atoms with Gasteiger partial charge in [0.15, 0.2) is 5.58 Å². The predicted molar refractivity (Wildman–Crippen MR) is 93.4 cm³/mol. The van der Waals surface area contributed by atoms with Crippen LogP contribution in [0.1, 0.15) is 17.7 Å². The Morgan fingerprint density at radius 1 is 1.04 bits per heavy atom. The highest BCUT2D eigenvalue weighted by molar-refractivity contribution is 5.86. The zero-order valence-electron chi connectivity index (χ0n) is 13.7. The van der Waals surface area contributed by atoms with E-state index in [1.807, 2.05) is 54.6 Å². The molecule has 0 fully saturated rings. The van der Waals surface area contributed by atoms with E-state index in [1.165, 1.54) is 0 Å². The summed E-state index contributed by atoms with van der Waals surface area (Å²) in [5.74, 6) is -0.554. The number of fused-ring (bicyclic) bond motifs is 1. The Labute approximate surface area is 145 Å². The number of hydrogen-bond donors (Lipinski definition) is 1. The van der Waals surface area contributed by atoms with Gasteiger partial charge >= 0.3 is 0 Å². The molecule has 0 aliphatic carbocycles. The maximum atomic E-state index is 12.8. The second-order valence-corrected chi connectivity index (χ2v) is 5.82. The lowest BCUT2D eigenvalue weighted by molar-refractivity contribution is -0.131. The lowest BCUT2D eigenvalue weighted by atomic mass is 10.1. The third kappa shape index (κ3) is 4.23. The van der Waals surface area contributed by atoms with Crippen molar-refractivity contribution < 1.29 is 14.1 Å². The molecule has 0 aliphatic rings. The summed E-state index contributed by atoms with van der Waals surface area (Å²) in [6.45, 7) is 0.696. The number of nitrogens with two attached hydrogens (primary N) is 1. The molecule has 0 saturated carbocycles. The first-order valence-corrected chi connectivity index (χ1v) is 8.07. The van der Waals surface area contributed by atoms with Crippen LogP contribution in [0.5, 0.6) is 0 Å². The largest absolute Gasteiger partial charge is 0.370 e. The van der Waals surface area contributed by atoms with Crippen LogP contribution in [0.2, 0.25) is 0 Å². The highest BCUT2D eigenvalue weighted by Gasteiger charge is 2.19. The van der Waals surface area contributed by atoms with E-state index in [4.69, 9.17) is 10.3 Å². The molecule has 25 heavy (non-hydrogen) atoms. The van der Waals surface area contributed by atoms with Gasteiger partial charge in [0.1, 0.15) is 5.69 Å². The Bertz CT molecular complexity index is 874. The monoisotopic (exact) mass is 337 g/mol. The van der Waals surface area contributed by atoms with Crippen molar-refractivity contribution in [1.82, 2.24) is 10.1 Å². The SMILES string of the molecule is NC(=O)CCN(Cc1ccccc1)C(=O)Cc1noc2ccccc12. The van der Waals surface area contributed by atoms with Crippen LogP contribution >= 0.6 is 0 Å². The Hall–Kier alpha value is -3.15. The maximum absolute atomic E-state index is 12.8. The molecule has 6 nitrogen and oxygen atoms in total. The first-order valence-electron chi connectivity index (χ1n) is 8.07. The third-order valence-corrected chi connectivity index (χ3v) is 3.97. The second-order valence-electron chi connectivity index (χ2n) is 5.82. The molecule has 1 aromatic heterocycles. The fourth-order valence-electron chi connectivity index (χ4n) is 2.66. The standard InChI is InChI=1S/C19H19N3O3/c20-18(23)10-11-22(13-14-6-2-1-3-7-14)19(24)12-16-15-8-4-5-9-17(15)25-21-16/h1-9H,10-13H2,(H2,20,23). The van der Waals surface area contributed by atoms with Gasteiger partial charge in [-0.25, -0.2) is 0 Å². The van der Waals surface area contributed by atoms with Crippen molar-refractivity contribution in [1.29, 1.82) is 0 Å². The van der Waals surface area contributed by atoms with Crippen molar-refractivity contribution in [2.45, 2.75) is 19.4 Å². The summed E-state index contributed by atoms with van der Waals surface area (Å²) < 4.78 is 5.25. The molecule has 0 radical (unpaired) electrons. The number of primary amides is 1. The van der Waals surface area contributed by atoms with Gasteiger partial charge in [0.25, 0.3) is 0 Å². The van der Waals surface area contributed by atoms with E-state index < -0.39 is 5.91 Å². The number of rotatable bonds is 7. The van der Waals surface area contributed by atoms with Crippen molar-refractivity contribution in [3.8, 4) is 0 Å². The fourth-order valence-corrected chi connectivity index (χ4v) is 2.66. The molecule has 0 atom stereocenters. The topological polar surface area (TPSA) is 89.4 Å². The van der Waals surface area contributed by atoms with E-state index >= 15 is 0 Å². The van der Waals surface area contributed by atoms with E-state index in [0.717, 1.165) is 10.9 Å². The van der Waals surface area contributed by atoms with Gasteiger partial charge in [-0.3, -0.25) is 9.59 Å². The maximum Gasteiger partial charge on any atom is 0.229 e. The van der Waals surface area contributed by atoms with E-state index in [1.54, 1.807) is 4.90 Å². The van der Waals surface area contributed by atoms with Crippen LogP contribution in [-0.2, 0) is 22.6 Å². The number of aromatic nitrogens is 1. The second kappa shape index (κ2) is 7.61. The summed E-state index contributed by atoms with van der Waals surface area (Å²) in [5, 5.41) is 4.83. The van der Waals surface area contributed by atoms with E-state index in [9.17, 15) is 9.59 Å². The minimum atomic E-state index is -0.433. The van der Waals surface area contributed by atoms with Crippen LogP contribution in [0, 0.1) is 0 Å². The van der Waals surface area contributed by atoms with Gasteiger partial charge in [0.2, 0.25) is 11.8 Å². The number of nitrogens with zero attached hydrogens (tertiary/aromatic N) is 2. The summed E-state index contributed by atoms with van der Waals surface area (Å²) >= 11 is 0. The van der Waals surface area contributed by atoms with Crippen LogP contribution in [0.25, 0.3) is 11.0 Å². The highest BCUT2D eigenvalue weighted by Crippen LogP contribution is 2.19. The molecule has 0 saturated heterocycles. The summed E-state index contributed by atoms with van der Waals surface area (Å²) in [4.78, 5) is 25.5. The lowest BCUT2D eigenvalue weighted by Gasteiger charge is -2.22. The van der Waals surface area contributed by atoms with E-state index in [-0.39, 0.29) is 25.3 Å². The highest BCUT2D eigenvalue weighted by atomic mass is 16.5. The number of carbonyl (C=O) groups is 2. The van der Waals surface area contributed by atoms with Crippen LogP contribution in [0.4, 0.5) is 0 Å². The van der Waals surface area contributed by atoms with Crippen molar-refractivity contribution in [3.05, 3.63) is 65.9 Å². The molecule has 6 heteroatoms. The summed E-state index contributed by atoms with van der Waals surface area (Å²) in [6.07, 6.45) is 0.237. The molecule has 1 heterocycles. The molecular formula is C19H19N3O3. The van der Waals surface area contributed by atoms with Gasteiger partial charge < -0.3 is 15.2 Å². The molecule has 0 aliphatic heterocycles. The number of carbonyl (C=O) groups excluding carboxylic acids is 2. The molecular weight excluding hydrogens is 318 g/mol. The molecule has 3 aromatic rings. The molecule has 2 amide bonds. The molecule has 3 rings (SSSR count). The number of hydrogen-bond acceptors (Lipinski definition) is 4. The van der Waals surface area contributed by atoms with Gasteiger partial charge in [0, 0.05) is 24.9 Å². The van der Waals surface area contributed by atoms with Crippen molar-refractivity contribution in [2.24, 2.45) is 5.73 Å². The number of benzene rings is 2. The summed E-state index contributed by atoms with van der Waals surface area (Å²) in [5.41, 5.74) is 7.48. The zero-order valence-corrected chi connectivity index (χ0v) is 13.7. The average Bonchev–Trinajstić information content (AvgIpc) is 3.02. The van der Waals surface area contributed by atoms with Gasteiger partial charge in [-0.05, 0) is 17.7 Å². The lowest BCUT2D eigenvalue weighted by Crippen LogP contribution is -2.34. The first-order chi connectivity index (χ1) is 12.1. The van der Waals surface area contributed by atoms with Gasteiger partial charge in [-0.2, -0.15) is 0 Å². The number of amides is 2. The minimum absolute atomic E-state index is 0.114. The van der Waals surface area contributed by atoms with Crippen molar-refractivity contribution >= 4 is 22.8 Å². The summed E-state index contributed by atoms with van der Waals surface area (Å²) in [7, 11) is 0. The quantitative estimate of drug-likeness (QED) is 0.716. The average molecular weight is 337 g/mol. The smallest absolute Gasteiger partial charge is 0.229 e. The van der Waals surface area contributed by atoms with Crippen molar-refractivity contribution in [2.75, 3.05) is 6.54 Å². The zero-order chi connectivity index (χ0) is 17.6. The molecule has 2 N–H and O–H groups in total. The summed E-state index contributed by atoms with van der Waals surface area (Å²) in [6, 6.07) is 17.0. The van der Waals surface area contributed by atoms with Crippen LogP contribution < -0.4 is 5.73 Å². The molecule has 0 bridgehead atoms. The predicted octanol–water partition coefficient (Wildman–Crippen LogP) is 2.27. The Morgan fingerprint density at radius 2 is 1.76 bits per heavy atom. The first kappa shape index (κ1) is 16.7. The number of para-hydroxylation sites is 1. The molecule has 0 spiro atoms. The molecule has 0 unspecified atom stereocenters. The van der Waals surface area contributed by atoms with Gasteiger partial charge in [0.05, 0.1) is 6.42 Å². The Kier molecular flexibility index (Phi) is 5.09. The Balaban J connectivity index is 1.76. The normalized spacial score (nSPS) is 10.7. The minimum Gasteiger partial charge on any atom is -0.370 e. The van der Waals surface area contributed by atoms with Gasteiger partial charge in [-0.1, -0.05) is 47.6 Å². The van der Waals surface area contributed by atoms with Crippen LogP contribution in [0.15, 0.2) is 59.1 Å². The van der Waals surface area contributed by atoms with Gasteiger partial charge in [-0.15, -0.1) is 0 Å². The van der Waals surface area contributed by atoms with E-state index in [0.29, 0.717) is 17.8 Å². The molecule has 128 valence electrons.